The Morgan fingerprint density at radius 2 is 2.19 bits per heavy atom. The van der Waals surface area contributed by atoms with Crippen LogP contribution < -0.4 is 4.74 Å². The minimum absolute atomic E-state index is 0.267. The quantitative estimate of drug-likeness (QED) is 0.802. The molecule has 1 fully saturated rings. The molecule has 1 aliphatic rings. The van der Waals surface area contributed by atoms with Crippen LogP contribution in [0.4, 0.5) is 0 Å². The Hall–Kier alpha value is -2.08. The Labute approximate surface area is 123 Å². The van der Waals surface area contributed by atoms with Gasteiger partial charge in [0.05, 0.1) is 6.61 Å². The van der Waals surface area contributed by atoms with Crippen LogP contribution in [-0.4, -0.2) is 54.8 Å². The number of amides is 1. The standard InChI is InChI=1S/C15H19NO5/c1-20-8-9-21-12-5-2-4-11(10-12)14(17)16-7-3-6-13(16)15(18)19/h2,4-5,10,13H,3,6-9H2,1H3,(H,18,19). The Kier molecular flexibility index (Phi) is 5.16. The number of methoxy groups -OCH3 is 1. The third-order valence-corrected chi connectivity index (χ3v) is 3.44. The first-order valence-electron chi connectivity index (χ1n) is 6.89. The number of ether oxygens (including phenoxy) is 2. The molecule has 0 radical (unpaired) electrons. The van der Waals surface area contributed by atoms with Crippen molar-refractivity contribution >= 4 is 11.9 Å². The second-order valence-electron chi connectivity index (χ2n) is 4.86. The lowest BCUT2D eigenvalue weighted by atomic mass is 10.1. The lowest BCUT2D eigenvalue weighted by Crippen LogP contribution is -2.40. The van der Waals surface area contributed by atoms with Crippen molar-refractivity contribution in [1.29, 1.82) is 0 Å². The predicted octanol–water partition coefficient (Wildman–Crippen LogP) is 1.40. The smallest absolute Gasteiger partial charge is 0.326 e. The fraction of sp³-hybridized carbons (Fsp3) is 0.467. The summed E-state index contributed by atoms with van der Waals surface area (Å²) in [6, 6.07) is 6.06. The van der Waals surface area contributed by atoms with E-state index in [1.807, 2.05) is 0 Å². The van der Waals surface area contributed by atoms with Gasteiger partial charge in [0.1, 0.15) is 18.4 Å². The lowest BCUT2D eigenvalue weighted by molar-refractivity contribution is -0.141. The topological polar surface area (TPSA) is 76.1 Å². The monoisotopic (exact) mass is 293 g/mol. The van der Waals surface area contributed by atoms with Gasteiger partial charge in [-0.2, -0.15) is 0 Å². The molecular weight excluding hydrogens is 274 g/mol. The fourth-order valence-electron chi connectivity index (χ4n) is 2.39. The van der Waals surface area contributed by atoms with Crippen molar-refractivity contribution in [2.75, 3.05) is 26.9 Å². The van der Waals surface area contributed by atoms with Gasteiger partial charge in [-0.3, -0.25) is 4.79 Å². The highest BCUT2D eigenvalue weighted by Gasteiger charge is 2.34. The number of likely N-dealkylation sites (tertiary alicyclic amines) is 1. The number of carbonyl (C=O) groups excluding carboxylic acids is 1. The number of nitrogens with zero attached hydrogens (tertiary/aromatic N) is 1. The van der Waals surface area contributed by atoms with E-state index in [0.717, 1.165) is 0 Å². The molecule has 21 heavy (non-hydrogen) atoms. The molecule has 0 aliphatic carbocycles. The van der Waals surface area contributed by atoms with Gasteiger partial charge in [-0.15, -0.1) is 0 Å². The number of carboxylic acids is 1. The van der Waals surface area contributed by atoms with Crippen molar-refractivity contribution in [1.82, 2.24) is 4.90 Å². The van der Waals surface area contributed by atoms with Gasteiger partial charge in [0.2, 0.25) is 0 Å². The molecule has 2 rings (SSSR count). The minimum atomic E-state index is -0.951. The number of carboxylic acid groups (broad SMARTS) is 1. The molecule has 0 saturated carbocycles. The van der Waals surface area contributed by atoms with Gasteiger partial charge in [0.25, 0.3) is 5.91 Å². The van der Waals surface area contributed by atoms with E-state index in [1.54, 1.807) is 31.4 Å². The number of aliphatic carboxylic acids is 1. The summed E-state index contributed by atoms with van der Waals surface area (Å²) in [6.07, 6.45) is 1.22. The summed E-state index contributed by atoms with van der Waals surface area (Å²) in [5.74, 6) is -0.644. The molecule has 1 aliphatic heterocycles. The Morgan fingerprint density at radius 1 is 1.38 bits per heavy atom. The zero-order chi connectivity index (χ0) is 15.2. The number of rotatable bonds is 6. The van der Waals surface area contributed by atoms with Crippen LogP contribution >= 0.6 is 0 Å². The summed E-state index contributed by atoms with van der Waals surface area (Å²) in [5, 5.41) is 9.14. The molecule has 6 nitrogen and oxygen atoms in total. The average Bonchev–Trinajstić information content (AvgIpc) is 2.97. The van der Waals surface area contributed by atoms with Crippen LogP contribution in [0.3, 0.4) is 0 Å². The highest BCUT2D eigenvalue weighted by Crippen LogP contribution is 2.22. The van der Waals surface area contributed by atoms with Gasteiger partial charge in [0, 0.05) is 19.2 Å². The highest BCUT2D eigenvalue weighted by molar-refractivity contribution is 5.97. The van der Waals surface area contributed by atoms with E-state index in [1.165, 1.54) is 4.90 Å². The summed E-state index contributed by atoms with van der Waals surface area (Å²) in [7, 11) is 1.59. The number of benzene rings is 1. The van der Waals surface area contributed by atoms with E-state index in [0.29, 0.717) is 43.9 Å². The summed E-state index contributed by atoms with van der Waals surface area (Å²) < 4.78 is 10.4. The molecule has 1 atom stereocenters. The summed E-state index contributed by atoms with van der Waals surface area (Å²) in [5.41, 5.74) is 0.443. The van der Waals surface area contributed by atoms with E-state index in [9.17, 15) is 9.59 Å². The Balaban J connectivity index is 2.08. The van der Waals surface area contributed by atoms with E-state index in [4.69, 9.17) is 14.6 Å². The molecule has 1 aromatic carbocycles. The normalized spacial score (nSPS) is 17.8. The van der Waals surface area contributed by atoms with Crippen LogP contribution in [0, 0.1) is 0 Å². The maximum absolute atomic E-state index is 12.4. The van der Waals surface area contributed by atoms with E-state index in [2.05, 4.69) is 0 Å². The maximum Gasteiger partial charge on any atom is 0.326 e. The lowest BCUT2D eigenvalue weighted by Gasteiger charge is -2.21. The van der Waals surface area contributed by atoms with Crippen LogP contribution in [0.1, 0.15) is 23.2 Å². The molecule has 1 N–H and O–H groups in total. The molecule has 1 unspecified atom stereocenters. The summed E-state index contributed by atoms with van der Waals surface area (Å²) >= 11 is 0. The molecule has 114 valence electrons. The van der Waals surface area contributed by atoms with Crippen LogP contribution in [0.5, 0.6) is 5.75 Å². The highest BCUT2D eigenvalue weighted by atomic mass is 16.5. The van der Waals surface area contributed by atoms with Gasteiger partial charge < -0.3 is 19.5 Å². The minimum Gasteiger partial charge on any atom is -0.491 e. The Morgan fingerprint density at radius 3 is 2.90 bits per heavy atom. The van der Waals surface area contributed by atoms with Crippen LogP contribution in [0.2, 0.25) is 0 Å². The zero-order valence-corrected chi connectivity index (χ0v) is 11.9. The molecule has 0 bridgehead atoms. The second-order valence-corrected chi connectivity index (χ2v) is 4.86. The SMILES string of the molecule is COCCOc1cccc(C(=O)N2CCCC2C(=O)O)c1. The zero-order valence-electron chi connectivity index (χ0n) is 11.9. The van der Waals surface area contributed by atoms with Crippen LogP contribution in [0.15, 0.2) is 24.3 Å². The predicted molar refractivity (Wildman–Crippen MR) is 75.5 cm³/mol. The third-order valence-electron chi connectivity index (χ3n) is 3.44. The summed E-state index contributed by atoms with van der Waals surface area (Å²) in [6.45, 7) is 1.34. The average molecular weight is 293 g/mol. The van der Waals surface area contributed by atoms with Crippen molar-refractivity contribution in [3.63, 3.8) is 0 Å². The van der Waals surface area contributed by atoms with E-state index in [-0.39, 0.29) is 5.91 Å². The molecule has 1 heterocycles. The van der Waals surface area contributed by atoms with Crippen LogP contribution in [0.25, 0.3) is 0 Å². The van der Waals surface area contributed by atoms with Gasteiger partial charge in [0.15, 0.2) is 0 Å². The van der Waals surface area contributed by atoms with Gasteiger partial charge in [-0.25, -0.2) is 4.79 Å². The van der Waals surface area contributed by atoms with Gasteiger partial charge in [-0.1, -0.05) is 6.07 Å². The van der Waals surface area contributed by atoms with Crippen molar-refractivity contribution in [3.8, 4) is 5.75 Å². The largest absolute Gasteiger partial charge is 0.491 e. The molecule has 6 heteroatoms. The fourth-order valence-corrected chi connectivity index (χ4v) is 2.39. The molecule has 1 amide bonds. The van der Waals surface area contributed by atoms with E-state index < -0.39 is 12.0 Å². The molecule has 1 saturated heterocycles. The van der Waals surface area contributed by atoms with Crippen LogP contribution in [-0.2, 0) is 9.53 Å². The van der Waals surface area contributed by atoms with E-state index >= 15 is 0 Å². The first-order chi connectivity index (χ1) is 10.1. The maximum atomic E-state index is 12.4. The molecule has 1 aromatic rings. The Bertz CT molecular complexity index is 517. The van der Waals surface area contributed by atoms with Gasteiger partial charge in [-0.05, 0) is 31.0 Å². The summed E-state index contributed by atoms with van der Waals surface area (Å²) in [4.78, 5) is 25.0. The molecule has 0 aromatic heterocycles. The number of hydrogen-bond acceptors (Lipinski definition) is 4. The van der Waals surface area contributed by atoms with Crippen molar-refractivity contribution in [3.05, 3.63) is 29.8 Å². The number of carbonyl (C=O) groups is 2. The van der Waals surface area contributed by atoms with Crippen molar-refractivity contribution < 1.29 is 24.2 Å². The third kappa shape index (κ3) is 3.72. The van der Waals surface area contributed by atoms with Crippen molar-refractivity contribution in [2.24, 2.45) is 0 Å². The van der Waals surface area contributed by atoms with Crippen molar-refractivity contribution in [2.45, 2.75) is 18.9 Å². The molecular formula is C15H19NO5. The van der Waals surface area contributed by atoms with Gasteiger partial charge >= 0.3 is 5.97 Å². The number of hydrogen-bond donors (Lipinski definition) is 1. The molecule has 0 spiro atoms. The first kappa shape index (κ1) is 15.3. The second kappa shape index (κ2) is 7.08. The first-order valence-corrected chi connectivity index (χ1v) is 6.89.